The van der Waals surface area contributed by atoms with Crippen LogP contribution >= 0.6 is 0 Å². The predicted molar refractivity (Wildman–Crippen MR) is 123 cm³/mol. The van der Waals surface area contributed by atoms with Crippen LogP contribution in [-0.2, 0) is 14.3 Å². The van der Waals surface area contributed by atoms with Crippen LogP contribution in [0.25, 0.3) is 0 Å². The van der Waals surface area contributed by atoms with E-state index in [0.29, 0.717) is 23.4 Å². The molecule has 32 heavy (non-hydrogen) atoms. The van der Waals surface area contributed by atoms with Crippen LogP contribution in [0, 0.1) is 40.4 Å². The maximum absolute atomic E-state index is 12.2. The van der Waals surface area contributed by atoms with E-state index in [1.807, 2.05) is 0 Å². The van der Waals surface area contributed by atoms with Crippen molar-refractivity contribution in [1.29, 1.82) is 0 Å². The summed E-state index contributed by atoms with van der Waals surface area (Å²) in [5.74, 6) is 3.18. The highest BCUT2D eigenvalue weighted by Gasteiger charge is 2.76. The highest BCUT2D eigenvalue weighted by molar-refractivity contribution is 5.83. The third kappa shape index (κ3) is 2.78. The first-order chi connectivity index (χ1) is 15.2. The number of rotatable bonds is 3. The van der Waals surface area contributed by atoms with Gasteiger partial charge in [-0.1, -0.05) is 33.3 Å². The third-order valence-electron chi connectivity index (χ3n) is 11.9. The molecule has 178 valence electrons. The highest BCUT2D eigenvalue weighted by Crippen LogP contribution is 2.74. The van der Waals surface area contributed by atoms with E-state index in [1.54, 1.807) is 6.08 Å². The van der Waals surface area contributed by atoms with Gasteiger partial charge in [0.25, 0.3) is 0 Å². The maximum Gasteiger partial charge on any atom is 0.330 e. The van der Waals surface area contributed by atoms with Crippen LogP contribution in [0.5, 0.6) is 0 Å². The fourth-order valence-corrected chi connectivity index (χ4v) is 10.1. The molecule has 11 atom stereocenters. The van der Waals surface area contributed by atoms with Gasteiger partial charge < -0.3 is 14.6 Å². The number of hydrogen-bond donors (Lipinski definition) is 1. The largest absolute Gasteiger partial charge is 0.459 e. The Balaban J connectivity index is 1.24. The van der Waals surface area contributed by atoms with E-state index in [0.717, 1.165) is 49.9 Å². The lowest BCUT2D eigenvalue weighted by atomic mass is 9.44. The van der Waals surface area contributed by atoms with E-state index < -0.39 is 0 Å². The SMILES string of the molecule is CCC1=CC(=O)O[C@@H]([C@@H](C)[C@H]2CC[C@H]3[C@@H]4C[C@@H]5O[C@@]56C[C@@H](O)CC[C@]6(C)[C@H]4CC[C@]23C)C1. The standard InChI is InChI=1S/C28H42O4/c1-5-17-12-23(31-25(30)13-17)16(2)20-6-7-21-19-14-24-28(32-24)15-18(29)8-11-27(28,4)22(19)9-10-26(20,21)3/h13,16,18-24,29H,5-12,14-15H2,1-4H3/t16-,18-,19-,20+,21-,22-,23+,24-,26+,27+,28-/m0/s1. The lowest BCUT2D eigenvalue weighted by Gasteiger charge is -2.59. The molecule has 0 aromatic rings. The van der Waals surface area contributed by atoms with Crippen molar-refractivity contribution >= 4 is 5.97 Å². The zero-order valence-electron chi connectivity index (χ0n) is 20.4. The summed E-state index contributed by atoms with van der Waals surface area (Å²) in [4.78, 5) is 12.2. The van der Waals surface area contributed by atoms with Crippen molar-refractivity contribution in [2.24, 2.45) is 40.4 Å². The first kappa shape index (κ1) is 21.6. The molecule has 6 rings (SSSR count). The molecule has 4 saturated carbocycles. The van der Waals surface area contributed by atoms with Gasteiger partial charge in [0.15, 0.2) is 0 Å². The first-order valence-corrected chi connectivity index (χ1v) is 13.5. The van der Waals surface area contributed by atoms with Gasteiger partial charge in [-0.3, -0.25) is 0 Å². The van der Waals surface area contributed by atoms with Crippen molar-refractivity contribution in [3.8, 4) is 0 Å². The topological polar surface area (TPSA) is 59.1 Å². The van der Waals surface area contributed by atoms with Crippen molar-refractivity contribution in [1.82, 2.24) is 0 Å². The number of carbonyl (C=O) groups is 1. The molecule has 0 amide bonds. The third-order valence-corrected chi connectivity index (χ3v) is 11.9. The molecule has 0 aromatic carbocycles. The normalized spacial score (nSPS) is 55.0. The Kier molecular flexibility index (Phi) is 4.78. The predicted octanol–water partition coefficient (Wildman–Crippen LogP) is 5.43. The number of aliphatic hydroxyl groups excluding tert-OH is 1. The quantitative estimate of drug-likeness (QED) is 0.468. The Morgan fingerprint density at radius 1 is 1.16 bits per heavy atom. The average molecular weight is 443 g/mol. The number of hydrogen-bond acceptors (Lipinski definition) is 4. The van der Waals surface area contributed by atoms with Crippen LogP contribution in [-0.4, -0.2) is 35.0 Å². The molecule has 0 bridgehead atoms. The van der Waals surface area contributed by atoms with Crippen molar-refractivity contribution in [3.05, 3.63) is 11.6 Å². The summed E-state index contributed by atoms with van der Waals surface area (Å²) in [5, 5.41) is 10.4. The molecule has 0 radical (unpaired) electrons. The Hall–Kier alpha value is -0.870. The summed E-state index contributed by atoms with van der Waals surface area (Å²) < 4.78 is 12.4. The smallest absolute Gasteiger partial charge is 0.330 e. The van der Waals surface area contributed by atoms with Gasteiger partial charge in [0.05, 0.1) is 12.2 Å². The van der Waals surface area contributed by atoms with Crippen molar-refractivity contribution in [2.75, 3.05) is 0 Å². The van der Waals surface area contributed by atoms with Crippen molar-refractivity contribution < 1.29 is 19.4 Å². The molecule has 0 aromatic heterocycles. The van der Waals surface area contributed by atoms with Gasteiger partial charge in [0, 0.05) is 24.3 Å². The van der Waals surface area contributed by atoms with Crippen LogP contribution in [0.3, 0.4) is 0 Å². The van der Waals surface area contributed by atoms with Crippen LogP contribution in [0.15, 0.2) is 11.6 Å². The Labute approximate surface area is 193 Å². The van der Waals surface area contributed by atoms with Gasteiger partial charge in [0.2, 0.25) is 0 Å². The molecular formula is C28H42O4. The molecule has 2 heterocycles. The molecule has 4 aliphatic carbocycles. The minimum Gasteiger partial charge on any atom is -0.459 e. The van der Waals surface area contributed by atoms with Crippen molar-refractivity contribution in [3.63, 3.8) is 0 Å². The van der Waals surface area contributed by atoms with Crippen LogP contribution < -0.4 is 0 Å². The second-order valence-electron chi connectivity index (χ2n) is 12.8. The Morgan fingerprint density at radius 3 is 2.75 bits per heavy atom. The summed E-state index contributed by atoms with van der Waals surface area (Å²) in [6.45, 7) is 9.59. The lowest BCUT2D eigenvalue weighted by Crippen LogP contribution is -2.58. The number of epoxide rings is 1. The molecule has 0 unspecified atom stereocenters. The summed E-state index contributed by atoms with van der Waals surface area (Å²) in [7, 11) is 0. The lowest BCUT2D eigenvalue weighted by molar-refractivity contribution is -0.151. The Bertz CT molecular complexity index is 835. The van der Waals surface area contributed by atoms with E-state index in [4.69, 9.17) is 9.47 Å². The number of ether oxygens (including phenoxy) is 2. The molecule has 5 fully saturated rings. The zero-order chi connectivity index (χ0) is 22.5. The molecule has 4 nitrogen and oxygen atoms in total. The molecule has 1 saturated heterocycles. The second-order valence-corrected chi connectivity index (χ2v) is 12.8. The fourth-order valence-electron chi connectivity index (χ4n) is 10.1. The molecule has 1 N–H and O–H groups in total. The molecule has 2 aliphatic heterocycles. The minimum absolute atomic E-state index is 0.0238. The zero-order valence-corrected chi connectivity index (χ0v) is 20.4. The van der Waals surface area contributed by atoms with Gasteiger partial charge >= 0.3 is 5.97 Å². The monoisotopic (exact) mass is 442 g/mol. The van der Waals surface area contributed by atoms with Crippen LogP contribution in [0.4, 0.5) is 0 Å². The van der Waals surface area contributed by atoms with E-state index in [1.165, 1.54) is 37.7 Å². The number of aliphatic hydroxyl groups is 1. The first-order valence-electron chi connectivity index (χ1n) is 13.5. The maximum atomic E-state index is 12.2. The van der Waals surface area contributed by atoms with Gasteiger partial charge in [-0.15, -0.1) is 0 Å². The van der Waals surface area contributed by atoms with Gasteiger partial charge in [0.1, 0.15) is 11.7 Å². The van der Waals surface area contributed by atoms with E-state index in [-0.39, 0.29) is 29.2 Å². The molecule has 1 spiro atoms. The molecule has 6 aliphatic rings. The van der Waals surface area contributed by atoms with E-state index in [2.05, 4.69) is 27.7 Å². The number of cyclic esters (lactones) is 1. The minimum atomic E-state index is -0.171. The van der Waals surface area contributed by atoms with Crippen molar-refractivity contribution in [2.45, 2.75) is 116 Å². The summed E-state index contributed by atoms with van der Waals surface area (Å²) >= 11 is 0. The Morgan fingerprint density at radius 2 is 1.97 bits per heavy atom. The highest BCUT2D eigenvalue weighted by atomic mass is 16.6. The second kappa shape index (κ2) is 7.07. The van der Waals surface area contributed by atoms with E-state index in [9.17, 15) is 9.90 Å². The molecule has 4 heteroatoms. The molecular weight excluding hydrogens is 400 g/mol. The summed E-state index contributed by atoms with van der Waals surface area (Å²) in [6.07, 6.45) is 13.2. The van der Waals surface area contributed by atoms with E-state index >= 15 is 0 Å². The number of esters is 1. The average Bonchev–Trinajstić information content (AvgIpc) is 3.34. The number of fused-ring (bicyclic) bond motifs is 4. The fraction of sp³-hybridized carbons (Fsp3) is 0.893. The number of carbonyl (C=O) groups excluding carboxylic acids is 1. The summed E-state index contributed by atoms with van der Waals surface area (Å²) in [5.41, 5.74) is 1.82. The van der Waals surface area contributed by atoms with Crippen LogP contribution in [0.2, 0.25) is 0 Å². The summed E-state index contributed by atoms with van der Waals surface area (Å²) in [6, 6.07) is 0. The van der Waals surface area contributed by atoms with Crippen LogP contribution in [0.1, 0.15) is 91.9 Å². The van der Waals surface area contributed by atoms with Gasteiger partial charge in [-0.05, 0) is 86.4 Å². The van der Waals surface area contributed by atoms with Gasteiger partial charge in [-0.2, -0.15) is 0 Å². The van der Waals surface area contributed by atoms with Gasteiger partial charge in [-0.25, -0.2) is 4.79 Å².